The molecule has 1 saturated carbocycles. The number of hydrogen-bond acceptors (Lipinski definition) is 3. The minimum absolute atomic E-state index is 0.0119. The highest BCUT2D eigenvalue weighted by Gasteiger charge is 2.44. The van der Waals surface area contributed by atoms with Gasteiger partial charge in [0.2, 0.25) is 0 Å². The number of nitrogens with one attached hydrogen (secondary N) is 1. The van der Waals surface area contributed by atoms with Crippen LogP contribution in [-0.2, 0) is 11.2 Å². The Morgan fingerprint density at radius 1 is 1.33 bits per heavy atom. The Bertz CT molecular complexity index is 447. The topological polar surface area (TPSA) is 21.3 Å². The monoisotopic (exact) mass is 373 g/mol. The Kier molecular flexibility index (Phi) is 5.91. The Balaban J connectivity index is 2.14. The summed E-state index contributed by atoms with van der Waals surface area (Å²) < 4.78 is 7.29. The van der Waals surface area contributed by atoms with E-state index in [1.807, 2.05) is 18.4 Å². The van der Waals surface area contributed by atoms with E-state index in [1.165, 1.54) is 22.2 Å². The molecule has 0 aromatic carbocycles. The molecule has 1 aliphatic carbocycles. The van der Waals surface area contributed by atoms with Crippen molar-refractivity contribution < 1.29 is 4.74 Å². The molecule has 1 aromatic rings. The summed E-state index contributed by atoms with van der Waals surface area (Å²) in [7, 11) is 1.90. The summed E-state index contributed by atoms with van der Waals surface area (Å²) in [6.45, 7) is 7.94. The van der Waals surface area contributed by atoms with Gasteiger partial charge in [0.15, 0.2) is 0 Å². The zero-order valence-corrected chi connectivity index (χ0v) is 16.1. The first-order valence-electron chi connectivity index (χ1n) is 7.92. The second-order valence-electron chi connectivity index (χ2n) is 6.98. The minimum atomic E-state index is -0.0119. The number of halogens is 1. The summed E-state index contributed by atoms with van der Waals surface area (Å²) in [4.78, 5) is 1.43. The first kappa shape index (κ1) is 17.5. The van der Waals surface area contributed by atoms with Crippen LogP contribution >= 0.6 is 27.3 Å². The average Bonchev–Trinajstić information content (AvgIpc) is 2.85. The van der Waals surface area contributed by atoms with Crippen molar-refractivity contribution in [1.29, 1.82) is 0 Å². The standard InChI is InChI=1S/C17H28BrNOS/c1-5-19-15(11-14-10-13(18)12-21-14)17(20-4)8-6-16(2,3)7-9-17/h10,12,15,19H,5-9,11H2,1-4H3. The summed E-state index contributed by atoms with van der Waals surface area (Å²) >= 11 is 5.40. The molecule has 21 heavy (non-hydrogen) atoms. The summed E-state index contributed by atoms with van der Waals surface area (Å²) in [6, 6.07) is 2.64. The Morgan fingerprint density at radius 2 is 2.00 bits per heavy atom. The van der Waals surface area contributed by atoms with Gasteiger partial charge in [0.05, 0.1) is 5.60 Å². The van der Waals surface area contributed by atoms with Gasteiger partial charge < -0.3 is 10.1 Å². The average molecular weight is 374 g/mol. The van der Waals surface area contributed by atoms with Gasteiger partial charge in [-0.1, -0.05) is 20.8 Å². The fraction of sp³-hybridized carbons (Fsp3) is 0.765. The fourth-order valence-electron chi connectivity index (χ4n) is 3.40. The molecule has 0 spiro atoms. The van der Waals surface area contributed by atoms with Crippen molar-refractivity contribution in [2.45, 2.75) is 64.5 Å². The van der Waals surface area contributed by atoms with Gasteiger partial charge in [-0.05, 0) is 66.1 Å². The van der Waals surface area contributed by atoms with Crippen LogP contribution in [0.4, 0.5) is 0 Å². The van der Waals surface area contributed by atoms with E-state index < -0.39 is 0 Å². The van der Waals surface area contributed by atoms with E-state index >= 15 is 0 Å². The second-order valence-corrected chi connectivity index (χ2v) is 8.89. The third kappa shape index (κ3) is 4.31. The van der Waals surface area contributed by atoms with Crippen LogP contribution in [0.15, 0.2) is 15.9 Å². The zero-order chi connectivity index (χ0) is 15.5. The van der Waals surface area contributed by atoms with Crippen molar-refractivity contribution in [2.75, 3.05) is 13.7 Å². The zero-order valence-electron chi connectivity index (χ0n) is 13.7. The van der Waals surface area contributed by atoms with E-state index in [1.54, 1.807) is 0 Å². The van der Waals surface area contributed by atoms with Crippen molar-refractivity contribution in [3.8, 4) is 0 Å². The second kappa shape index (κ2) is 7.12. The highest BCUT2D eigenvalue weighted by atomic mass is 79.9. The normalized spacial score (nSPS) is 22.1. The summed E-state index contributed by atoms with van der Waals surface area (Å²) in [5, 5.41) is 5.86. The molecule has 1 atom stereocenters. The van der Waals surface area contributed by atoms with Crippen molar-refractivity contribution in [2.24, 2.45) is 5.41 Å². The van der Waals surface area contributed by atoms with Crippen LogP contribution in [0.2, 0.25) is 0 Å². The van der Waals surface area contributed by atoms with Gasteiger partial charge in [-0.2, -0.15) is 0 Å². The Hall–Kier alpha value is 0.1000. The highest BCUT2D eigenvalue weighted by molar-refractivity contribution is 9.10. The van der Waals surface area contributed by atoms with Gasteiger partial charge in [-0.15, -0.1) is 11.3 Å². The van der Waals surface area contributed by atoms with Crippen molar-refractivity contribution in [3.63, 3.8) is 0 Å². The number of thiophene rings is 1. The lowest BCUT2D eigenvalue weighted by molar-refractivity contribution is -0.0857. The van der Waals surface area contributed by atoms with Gasteiger partial charge in [0, 0.05) is 27.9 Å². The summed E-state index contributed by atoms with van der Waals surface area (Å²) in [5.74, 6) is 0. The van der Waals surface area contributed by atoms with E-state index in [-0.39, 0.29) is 5.60 Å². The Labute approximate surface area is 141 Å². The van der Waals surface area contributed by atoms with E-state index in [4.69, 9.17) is 4.74 Å². The van der Waals surface area contributed by atoms with Gasteiger partial charge >= 0.3 is 0 Å². The molecule has 0 bridgehead atoms. The van der Waals surface area contributed by atoms with E-state index in [0.717, 1.165) is 25.8 Å². The van der Waals surface area contributed by atoms with Crippen molar-refractivity contribution in [1.82, 2.24) is 5.32 Å². The molecule has 120 valence electrons. The van der Waals surface area contributed by atoms with Crippen LogP contribution in [0.3, 0.4) is 0 Å². The minimum Gasteiger partial charge on any atom is -0.377 e. The first-order valence-corrected chi connectivity index (χ1v) is 9.59. The van der Waals surface area contributed by atoms with Crippen molar-refractivity contribution in [3.05, 3.63) is 20.8 Å². The summed E-state index contributed by atoms with van der Waals surface area (Å²) in [5.41, 5.74) is 0.451. The van der Waals surface area contributed by atoms with Crippen LogP contribution in [0.1, 0.15) is 51.3 Å². The molecule has 1 N–H and O–H groups in total. The van der Waals surface area contributed by atoms with Gasteiger partial charge in [0.1, 0.15) is 0 Å². The van der Waals surface area contributed by atoms with E-state index in [2.05, 4.69) is 53.5 Å². The molecule has 1 unspecified atom stereocenters. The maximum absolute atomic E-state index is 6.10. The van der Waals surface area contributed by atoms with Crippen LogP contribution in [-0.4, -0.2) is 25.3 Å². The molecule has 2 rings (SSSR count). The molecule has 1 aromatic heterocycles. The predicted molar refractivity (Wildman–Crippen MR) is 95.2 cm³/mol. The molecule has 1 fully saturated rings. The number of ether oxygens (including phenoxy) is 1. The van der Waals surface area contributed by atoms with Gasteiger partial charge in [-0.3, -0.25) is 0 Å². The maximum atomic E-state index is 6.10. The van der Waals surface area contributed by atoms with Gasteiger partial charge in [-0.25, -0.2) is 0 Å². The Morgan fingerprint density at radius 3 is 2.48 bits per heavy atom. The van der Waals surface area contributed by atoms with Gasteiger partial charge in [0.25, 0.3) is 0 Å². The predicted octanol–water partition coefficient (Wildman–Crippen LogP) is 5.02. The largest absolute Gasteiger partial charge is 0.377 e. The molecule has 0 radical (unpaired) electrons. The quantitative estimate of drug-likeness (QED) is 0.755. The maximum Gasteiger partial charge on any atom is 0.0834 e. The van der Waals surface area contributed by atoms with E-state index in [0.29, 0.717) is 11.5 Å². The molecular formula is C17H28BrNOS. The lowest BCUT2D eigenvalue weighted by Crippen LogP contribution is -2.55. The third-order valence-electron chi connectivity index (χ3n) is 4.97. The molecule has 2 nitrogen and oxygen atoms in total. The molecular weight excluding hydrogens is 346 g/mol. The van der Waals surface area contributed by atoms with E-state index in [9.17, 15) is 0 Å². The van der Waals surface area contributed by atoms with Crippen LogP contribution in [0, 0.1) is 5.41 Å². The smallest absolute Gasteiger partial charge is 0.0834 e. The number of likely N-dealkylation sites (N-methyl/N-ethyl adjacent to an activating group) is 1. The SMILES string of the molecule is CCNC(Cc1cc(Br)cs1)C1(OC)CCC(C)(C)CC1. The molecule has 0 saturated heterocycles. The third-order valence-corrected chi connectivity index (χ3v) is 6.69. The number of hydrogen-bond donors (Lipinski definition) is 1. The fourth-order valence-corrected chi connectivity index (χ4v) is 4.90. The number of rotatable bonds is 6. The first-order chi connectivity index (χ1) is 9.91. The molecule has 1 heterocycles. The number of methoxy groups -OCH3 is 1. The van der Waals surface area contributed by atoms with Crippen LogP contribution in [0.5, 0.6) is 0 Å². The molecule has 0 aliphatic heterocycles. The van der Waals surface area contributed by atoms with Crippen LogP contribution < -0.4 is 5.32 Å². The molecule has 4 heteroatoms. The lowest BCUT2D eigenvalue weighted by atomic mass is 9.68. The highest BCUT2D eigenvalue weighted by Crippen LogP contribution is 2.44. The summed E-state index contributed by atoms with van der Waals surface area (Å²) in [6.07, 6.45) is 5.85. The van der Waals surface area contributed by atoms with Crippen LogP contribution in [0.25, 0.3) is 0 Å². The van der Waals surface area contributed by atoms with Crippen molar-refractivity contribution >= 4 is 27.3 Å². The lowest BCUT2D eigenvalue weighted by Gasteiger charge is -2.47. The molecule has 1 aliphatic rings. The molecule has 0 amide bonds.